The third kappa shape index (κ3) is 5.03. The van der Waals surface area contributed by atoms with Crippen molar-refractivity contribution in [3.63, 3.8) is 0 Å². The average Bonchev–Trinajstić information content (AvgIpc) is 2.62. The Hall–Kier alpha value is -1.49. The summed E-state index contributed by atoms with van der Waals surface area (Å²) >= 11 is 13.4. The Morgan fingerprint density at radius 3 is 2.27 bits per heavy atom. The number of hydrogen-bond donors (Lipinski definition) is 1. The van der Waals surface area contributed by atoms with Crippen LogP contribution >= 0.6 is 43.5 Å². The van der Waals surface area contributed by atoms with Crippen molar-refractivity contribution in [1.82, 2.24) is 0 Å². The topological polar surface area (TPSA) is 21.3 Å². The first kappa shape index (κ1) is 19.3. The van der Waals surface area contributed by atoms with Crippen LogP contribution in [0.4, 0.5) is 5.69 Å². The Bertz CT molecular complexity index is 874. The van der Waals surface area contributed by atoms with E-state index in [1.807, 2.05) is 24.3 Å². The second-order valence-corrected chi connectivity index (χ2v) is 8.10. The largest absolute Gasteiger partial charge is 0.486 e. The van der Waals surface area contributed by atoms with Crippen molar-refractivity contribution in [2.45, 2.75) is 20.1 Å². The molecule has 0 radical (unpaired) electrons. The van der Waals surface area contributed by atoms with Crippen molar-refractivity contribution < 1.29 is 4.74 Å². The summed E-state index contributed by atoms with van der Waals surface area (Å²) in [6.45, 7) is 3.22. The summed E-state index contributed by atoms with van der Waals surface area (Å²) < 4.78 is 7.77. The third-order valence-corrected chi connectivity index (χ3v) is 5.48. The number of hydrogen-bond acceptors (Lipinski definition) is 2. The number of halogens is 3. The minimum atomic E-state index is 0.415. The van der Waals surface area contributed by atoms with Crippen LogP contribution in [0.2, 0.25) is 5.02 Å². The number of ether oxygens (including phenoxy) is 1. The number of nitrogens with one attached hydrogen (secondary N) is 1. The van der Waals surface area contributed by atoms with E-state index in [4.69, 9.17) is 16.3 Å². The first-order chi connectivity index (χ1) is 12.5. The van der Waals surface area contributed by atoms with Gasteiger partial charge in [0.1, 0.15) is 12.4 Å². The molecule has 0 spiro atoms. The summed E-state index contributed by atoms with van der Waals surface area (Å²) in [6.07, 6.45) is 0. The lowest BCUT2D eigenvalue weighted by molar-refractivity contribution is 0.302. The Balaban J connectivity index is 1.67. The molecule has 0 saturated carbocycles. The lowest BCUT2D eigenvalue weighted by Crippen LogP contribution is -2.02. The Labute approximate surface area is 175 Å². The van der Waals surface area contributed by atoms with E-state index >= 15 is 0 Å². The predicted octanol–water partition coefficient (Wildman–Crippen LogP) is 7.36. The van der Waals surface area contributed by atoms with E-state index in [2.05, 4.69) is 80.5 Å². The summed E-state index contributed by atoms with van der Waals surface area (Å²) in [7, 11) is 0. The Kier molecular flexibility index (Phi) is 6.63. The Morgan fingerprint density at radius 2 is 1.62 bits per heavy atom. The molecule has 3 aromatic carbocycles. The first-order valence-corrected chi connectivity index (χ1v) is 10.1. The van der Waals surface area contributed by atoms with Crippen LogP contribution in [0.1, 0.15) is 16.7 Å². The average molecular weight is 496 g/mol. The number of aryl methyl sites for hydroxylation is 1. The molecule has 0 bridgehead atoms. The van der Waals surface area contributed by atoms with Gasteiger partial charge >= 0.3 is 0 Å². The quantitative estimate of drug-likeness (QED) is 0.386. The summed E-state index contributed by atoms with van der Waals surface area (Å²) in [4.78, 5) is 0. The highest BCUT2D eigenvalue weighted by Crippen LogP contribution is 2.36. The predicted molar refractivity (Wildman–Crippen MR) is 116 cm³/mol. The maximum absolute atomic E-state index is 6.19. The molecular formula is C21H18Br2ClNO. The van der Waals surface area contributed by atoms with Gasteiger partial charge in [0.2, 0.25) is 0 Å². The highest BCUT2D eigenvalue weighted by Gasteiger charge is 2.10. The van der Waals surface area contributed by atoms with Crippen molar-refractivity contribution in [3.05, 3.63) is 91.3 Å². The maximum Gasteiger partial charge on any atom is 0.148 e. The molecule has 3 aromatic rings. The van der Waals surface area contributed by atoms with E-state index in [-0.39, 0.29) is 0 Å². The fourth-order valence-corrected chi connectivity index (χ4v) is 4.19. The number of benzene rings is 3. The molecule has 0 atom stereocenters. The van der Waals surface area contributed by atoms with Crippen LogP contribution in [0, 0.1) is 6.92 Å². The van der Waals surface area contributed by atoms with Gasteiger partial charge in [-0.05, 0) is 74.7 Å². The second-order valence-electron chi connectivity index (χ2n) is 5.99. The SMILES string of the molecule is Cc1ccc(NCc2cc(Br)c(OCc3ccccc3Cl)c(Br)c2)cc1. The van der Waals surface area contributed by atoms with Gasteiger partial charge in [-0.3, -0.25) is 0 Å². The van der Waals surface area contributed by atoms with Gasteiger partial charge in [0, 0.05) is 22.8 Å². The van der Waals surface area contributed by atoms with E-state index in [0.29, 0.717) is 11.6 Å². The molecule has 0 aliphatic carbocycles. The zero-order valence-electron chi connectivity index (χ0n) is 14.2. The Morgan fingerprint density at radius 1 is 0.962 bits per heavy atom. The van der Waals surface area contributed by atoms with Gasteiger partial charge in [-0.15, -0.1) is 0 Å². The molecule has 0 aromatic heterocycles. The van der Waals surface area contributed by atoms with Crippen LogP contribution in [-0.4, -0.2) is 0 Å². The van der Waals surface area contributed by atoms with E-state index in [1.54, 1.807) is 0 Å². The molecule has 0 amide bonds. The van der Waals surface area contributed by atoms with Gasteiger partial charge in [-0.2, -0.15) is 0 Å². The standard InChI is InChI=1S/C21H18Br2ClNO/c1-14-6-8-17(9-7-14)25-12-15-10-18(22)21(19(23)11-15)26-13-16-4-2-3-5-20(16)24/h2-11,25H,12-13H2,1H3. The summed E-state index contributed by atoms with van der Waals surface area (Å²) in [5.74, 6) is 0.768. The molecule has 0 heterocycles. The van der Waals surface area contributed by atoms with Crippen molar-refractivity contribution in [3.8, 4) is 5.75 Å². The molecule has 26 heavy (non-hydrogen) atoms. The minimum absolute atomic E-state index is 0.415. The summed E-state index contributed by atoms with van der Waals surface area (Å²) in [6, 6.07) is 20.2. The summed E-state index contributed by atoms with van der Waals surface area (Å²) in [5.41, 5.74) is 4.45. The molecule has 5 heteroatoms. The fourth-order valence-electron chi connectivity index (χ4n) is 2.49. The smallest absolute Gasteiger partial charge is 0.148 e. The molecule has 0 saturated heterocycles. The van der Waals surface area contributed by atoms with Gasteiger partial charge in [0.25, 0.3) is 0 Å². The lowest BCUT2D eigenvalue weighted by Gasteiger charge is -2.14. The minimum Gasteiger partial charge on any atom is -0.486 e. The van der Waals surface area contributed by atoms with Crippen LogP contribution in [0.15, 0.2) is 69.6 Å². The molecule has 0 aliphatic heterocycles. The second kappa shape index (κ2) is 8.94. The van der Waals surface area contributed by atoms with E-state index < -0.39 is 0 Å². The van der Waals surface area contributed by atoms with Gasteiger partial charge in [0.05, 0.1) is 8.95 Å². The van der Waals surface area contributed by atoms with Gasteiger partial charge < -0.3 is 10.1 Å². The third-order valence-electron chi connectivity index (χ3n) is 3.94. The molecule has 134 valence electrons. The maximum atomic E-state index is 6.19. The van der Waals surface area contributed by atoms with Gasteiger partial charge in [-0.25, -0.2) is 0 Å². The molecule has 0 aliphatic rings. The number of rotatable bonds is 6. The molecule has 1 N–H and O–H groups in total. The fraction of sp³-hybridized carbons (Fsp3) is 0.143. The van der Waals surface area contributed by atoms with E-state index in [0.717, 1.165) is 38.1 Å². The zero-order chi connectivity index (χ0) is 18.5. The molecule has 3 rings (SSSR count). The van der Waals surface area contributed by atoms with Crippen LogP contribution in [0.3, 0.4) is 0 Å². The molecule has 0 unspecified atom stereocenters. The van der Waals surface area contributed by atoms with Crippen LogP contribution in [0.5, 0.6) is 5.75 Å². The van der Waals surface area contributed by atoms with E-state index in [9.17, 15) is 0 Å². The first-order valence-electron chi connectivity index (χ1n) is 8.17. The molecule has 2 nitrogen and oxygen atoms in total. The monoisotopic (exact) mass is 493 g/mol. The lowest BCUT2D eigenvalue weighted by atomic mass is 10.2. The number of anilines is 1. The van der Waals surface area contributed by atoms with Gasteiger partial charge in [0.15, 0.2) is 0 Å². The molecule has 0 fully saturated rings. The zero-order valence-corrected chi connectivity index (χ0v) is 18.2. The van der Waals surface area contributed by atoms with Crippen LogP contribution < -0.4 is 10.1 Å². The van der Waals surface area contributed by atoms with Crippen molar-refractivity contribution in [2.24, 2.45) is 0 Å². The summed E-state index contributed by atoms with van der Waals surface area (Å²) in [5, 5.41) is 4.13. The van der Waals surface area contributed by atoms with Crippen molar-refractivity contribution in [1.29, 1.82) is 0 Å². The van der Waals surface area contributed by atoms with E-state index in [1.165, 1.54) is 5.56 Å². The van der Waals surface area contributed by atoms with Crippen LogP contribution in [0.25, 0.3) is 0 Å². The van der Waals surface area contributed by atoms with Crippen LogP contribution in [-0.2, 0) is 13.2 Å². The highest BCUT2D eigenvalue weighted by molar-refractivity contribution is 9.11. The molecular weight excluding hydrogens is 477 g/mol. The van der Waals surface area contributed by atoms with Crippen molar-refractivity contribution >= 4 is 49.1 Å². The highest BCUT2D eigenvalue weighted by atomic mass is 79.9. The normalized spacial score (nSPS) is 10.6. The van der Waals surface area contributed by atoms with Crippen molar-refractivity contribution in [2.75, 3.05) is 5.32 Å². The van der Waals surface area contributed by atoms with Gasteiger partial charge in [-0.1, -0.05) is 47.5 Å².